The quantitative estimate of drug-likeness (QED) is 0.694. The molecule has 0 radical (unpaired) electrons. The smallest absolute Gasteiger partial charge is 0.277 e. The van der Waals surface area contributed by atoms with Crippen LogP contribution < -0.4 is 5.32 Å². The molecule has 0 atom stereocenters. The van der Waals surface area contributed by atoms with Gasteiger partial charge in [-0.3, -0.25) is 4.79 Å². The third-order valence-electron chi connectivity index (χ3n) is 3.20. The summed E-state index contributed by atoms with van der Waals surface area (Å²) in [5, 5.41) is 10.3. The van der Waals surface area contributed by atoms with E-state index in [1.165, 1.54) is 0 Å². The third-order valence-corrected chi connectivity index (χ3v) is 4.02. The lowest BCUT2D eigenvalue weighted by Crippen LogP contribution is -2.15. The van der Waals surface area contributed by atoms with Gasteiger partial charge in [0.2, 0.25) is 11.8 Å². The molecule has 1 aromatic heterocycles. The van der Waals surface area contributed by atoms with E-state index in [4.69, 9.17) is 4.42 Å². The van der Waals surface area contributed by atoms with Crippen molar-refractivity contribution in [3.05, 3.63) is 59.7 Å². The standard InChI is InChI=1S/C17H13F2N3O2S/c1-10-3-2-4-11(7-10)16-21-22-17(24-16)25-9-15(23)20-14-8-12(18)5-6-13(14)19/h2-8H,9H2,1H3,(H,20,23). The first-order valence-corrected chi connectivity index (χ1v) is 8.28. The van der Waals surface area contributed by atoms with E-state index >= 15 is 0 Å². The molecule has 1 amide bonds. The highest BCUT2D eigenvalue weighted by atomic mass is 32.2. The molecule has 2 aromatic carbocycles. The molecule has 0 aliphatic rings. The highest BCUT2D eigenvalue weighted by molar-refractivity contribution is 7.99. The molecule has 0 aliphatic heterocycles. The van der Waals surface area contributed by atoms with Gasteiger partial charge in [0, 0.05) is 11.6 Å². The van der Waals surface area contributed by atoms with Crippen LogP contribution in [0.15, 0.2) is 52.1 Å². The Morgan fingerprint density at radius 3 is 2.84 bits per heavy atom. The Kier molecular flexibility index (Phi) is 5.08. The number of anilines is 1. The first-order valence-electron chi connectivity index (χ1n) is 7.29. The van der Waals surface area contributed by atoms with Gasteiger partial charge < -0.3 is 9.73 Å². The number of rotatable bonds is 5. The number of carbonyl (C=O) groups is 1. The molecule has 0 spiro atoms. The van der Waals surface area contributed by atoms with Gasteiger partial charge in [0.1, 0.15) is 11.6 Å². The number of aryl methyl sites for hydroxylation is 1. The highest BCUT2D eigenvalue weighted by Gasteiger charge is 2.13. The average molecular weight is 361 g/mol. The number of aromatic nitrogens is 2. The highest BCUT2D eigenvalue weighted by Crippen LogP contribution is 2.24. The normalized spacial score (nSPS) is 10.7. The summed E-state index contributed by atoms with van der Waals surface area (Å²) < 4.78 is 32.1. The van der Waals surface area contributed by atoms with E-state index < -0.39 is 17.5 Å². The molecule has 1 heterocycles. The van der Waals surface area contributed by atoms with Crippen LogP contribution in [0.5, 0.6) is 0 Å². The van der Waals surface area contributed by atoms with Gasteiger partial charge in [-0.15, -0.1) is 10.2 Å². The predicted octanol–water partition coefficient (Wildman–Crippen LogP) is 4.05. The van der Waals surface area contributed by atoms with E-state index in [2.05, 4.69) is 15.5 Å². The number of benzene rings is 2. The molecule has 128 valence electrons. The van der Waals surface area contributed by atoms with Crippen molar-refractivity contribution in [2.24, 2.45) is 0 Å². The van der Waals surface area contributed by atoms with Crippen molar-refractivity contribution in [1.29, 1.82) is 0 Å². The van der Waals surface area contributed by atoms with Gasteiger partial charge in [0.15, 0.2) is 0 Å². The van der Waals surface area contributed by atoms with Gasteiger partial charge in [-0.1, -0.05) is 29.5 Å². The Hall–Kier alpha value is -2.74. The zero-order valence-corrected chi connectivity index (χ0v) is 13.9. The fourth-order valence-corrected chi connectivity index (χ4v) is 2.63. The molecule has 0 saturated heterocycles. The predicted molar refractivity (Wildman–Crippen MR) is 90.2 cm³/mol. The van der Waals surface area contributed by atoms with Gasteiger partial charge >= 0.3 is 0 Å². The SMILES string of the molecule is Cc1cccc(-c2nnc(SCC(=O)Nc3cc(F)ccc3F)o2)c1. The number of nitrogens with one attached hydrogen (secondary N) is 1. The molecular weight excluding hydrogens is 348 g/mol. The van der Waals surface area contributed by atoms with E-state index in [9.17, 15) is 13.6 Å². The van der Waals surface area contributed by atoms with Crippen molar-refractivity contribution >= 4 is 23.4 Å². The minimum Gasteiger partial charge on any atom is -0.411 e. The molecule has 0 bridgehead atoms. The van der Waals surface area contributed by atoms with Gasteiger partial charge in [0.05, 0.1) is 11.4 Å². The number of amides is 1. The summed E-state index contributed by atoms with van der Waals surface area (Å²) in [6, 6.07) is 10.4. The maximum atomic E-state index is 13.5. The summed E-state index contributed by atoms with van der Waals surface area (Å²) >= 11 is 1.01. The van der Waals surface area contributed by atoms with E-state index in [0.29, 0.717) is 5.89 Å². The number of hydrogen-bond donors (Lipinski definition) is 1. The number of halogens is 2. The van der Waals surface area contributed by atoms with E-state index in [1.807, 2.05) is 31.2 Å². The average Bonchev–Trinajstić information content (AvgIpc) is 3.05. The second-order valence-corrected chi connectivity index (χ2v) is 6.13. The molecule has 0 saturated carbocycles. The molecule has 0 aliphatic carbocycles. The van der Waals surface area contributed by atoms with E-state index in [-0.39, 0.29) is 16.7 Å². The number of thioether (sulfide) groups is 1. The maximum absolute atomic E-state index is 13.5. The van der Waals surface area contributed by atoms with Gasteiger partial charge in [-0.25, -0.2) is 8.78 Å². The lowest BCUT2D eigenvalue weighted by atomic mass is 10.1. The zero-order chi connectivity index (χ0) is 17.8. The Bertz CT molecular complexity index is 914. The monoisotopic (exact) mass is 361 g/mol. The lowest BCUT2D eigenvalue weighted by Gasteiger charge is -2.05. The first-order chi connectivity index (χ1) is 12.0. The van der Waals surface area contributed by atoms with Crippen LogP contribution in [0, 0.1) is 18.6 Å². The molecule has 3 aromatic rings. The number of carbonyl (C=O) groups excluding carboxylic acids is 1. The van der Waals surface area contributed by atoms with Crippen LogP contribution in [0.4, 0.5) is 14.5 Å². The fourth-order valence-electron chi connectivity index (χ4n) is 2.07. The third kappa shape index (κ3) is 4.42. The van der Waals surface area contributed by atoms with Crippen molar-refractivity contribution in [3.8, 4) is 11.5 Å². The summed E-state index contributed by atoms with van der Waals surface area (Å²) in [6.07, 6.45) is 0. The van der Waals surface area contributed by atoms with Crippen LogP contribution in [0.1, 0.15) is 5.56 Å². The summed E-state index contributed by atoms with van der Waals surface area (Å²) in [5.41, 5.74) is 1.63. The Balaban J connectivity index is 1.60. The van der Waals surface area contributed by atoms with Gasteiger partial charge in [0.25, 0.3) is 5.22 Å². The Morgan fingerprint density at radius 2 is 2.04 bits per heavy atom. The first kappa shape index (κ1) is 17.1. The molecule has 0 unspecified atom stereocenters. The maximum Gasteiger partial charge on any atom is 0.277 e. The van der Waals surface area contributed by atoms with Gasteiger partial charge in [-0.05, 0) is 31.2 Å². The van der Waals surface area contributed by atoms with Gasteiger partial charge in [-0.2, -0.15) is 0 Å². The minimum absolute atomic E-state index is 0.0780. The van der Waals surface area contributed by atoms with Crippen LogP contribution >= 0.6 is 11.8 Å². The van der Waals surface area contributed by atoms with Crippen LogP contribution in [-0.2, 0) is 4.79 Å². The topological polar surface area (TPSA) is 68.0 Å². The van der Waals surface area contributed by atoms with Crippen LogP contribution in [0.2, 0.25) is 0 Å². The van der Waals surface area contributed by atoms with Crippen LogP contribution in [-0.4, -0.2) is 21.9 Å². The Morgan fingerprint density at radius 1 is 1.20 bits per heavy atom. The van der Waals surface area contributed by atoms with Crippen molar-refractivity contribution < 1.29 is 18.0 Å². The largest absolute Gasteiger partial charge is 0.411 e. The molecule has 8 heteroatoms. The van der Waals surface area contributed by atoms with E-state index in [1.54, 1.807) is 0 Å². The molecule has 0 fully saturated rings. The second kappa shape index (κ2) is 7.43. The summed E-state index contributed by atoms with van der Waals surface area (Å²) in [4.78, 5) is 11.9. The molecule has 3 rings (SSSR count). The minimum atomic E-state index is -0.709. The molecule has 1 N–H and O–H groups in total. The zero-order valence-electron chi connectivity index (χ0n) is 13.1. The fraction of sp³-hybridized carbons (Fsp3) is 0.118. The number of nitrogens with zero attached hydrogens (tertiary/aromatic N) is 2. The van der Waals surface area contributed by atoms with Crippen molar-refractivity contribution in [1.82, 2.24) is 10.2 Å². The van der Waals surface area contributed by atoms with Crippen LogP contribution in [0.3, 0.4) is 0 Å². The van der Waals surface area contributed by atoms with Crippen molar-refractivity contribution in [2.45, 2.75) is 12.1 Å². The molecular formula is C17H13F2N3O2S. The second-order valence-electron chi connectivity index (χ2n) is 5.20. The van der Waals surface area contributed by atoms with Crippen LogP contribution in [0.25, 0.3) is 11.5 Å². The summed E-state index contributed by atoms with van der Waals surface area (Å²) in [7, 11) is 0. The lowest BCUT2D eigenvalue weighted by molar-refractivity contribution is -0.113. The summed E-state index contributed by atoms with van der Waals surface area (Å²) in [5.74, 6) is -1.58. The summed E-state index contributed by atoms with van der Waals surface area (Å²) in [6.45, 7) is 1.95. The van der Waals surface area contributed by atoms with Crippen molar-refractivity contribution in [3.63, 3.8) is 0 Å². The Labute approximate surface area is 146 Å². The number of hydrogen-bond acceptors (Lipinski definition) is 5. The van der Waals surface area contributed by atoms with Crippen molar-refractivity contribution in [2.75, 3.05) is 11.1 Å². The van der Waals surface area contributed by atoms with E-state index in [0.717, 1.165) is 41.1 Å². The molecule has 5 nitrogen and oxygen atoms in total. The molecule has 25 heavy (non-hydrogen) atoms.